The smallest absolute Gasteiger partial charge is 0.232 e. The quantitative estimate of drug-likeness (QED) is 0.606. The SMILES string of the molecule is CC(C)(C)OCC(C)(C)Oc1nccc(-c2ccc(NCCN3CCOCC3)cc2)c1C#N. The van der Waals surface area contributed by atoms with Crippen molar-refractivity contribution in [2.45, 2.75) is 45.8 Å². The number of nitrogens with zero attached hydrogens (tertiary/aromatic N) is 3. The third kappa shape index (κ3) is 7.71. The van der Waals surface area contributed by atoms with Crippen molar-refractivity contribution in [2.24, 2.45) is 0 Å². The number of hydrogen-bond acceptors (Lipinski definition) is 7. The summed E-state index contributed by atoms with van der Waals surface area (Å²) in [5.41, 5.74) is 2.33. The molecule has 1 fully saturated rings. The molecule has 33 heavy (non-hydrogen) atoms. The van der Waals surface area contributed by atoms with Crippen LogP contribution in [0.4, 0.5) is 5.69 Å². The lowest BCUT2D eigenvalue weighted by atomic mass is 10.0. The molecule has 1 aliphatic rings. The van der Waals surface area contributed by atoms with Crippen molar-refractivity contribution in [1.82, 2.24) is 9.88 Å². The van der Waals surface area contributed by atoms with Crippen LogP contribution in [0.5, 0.6) is 5.88 Å². The Morgan fingerprint density at radius 1 is 1.09 bits per heavy atom. The molecule has 2 heterocycles. The van der Waals surface area contributed by atoms with Crippen LogP contribution >= 0.6 is 0 Å². The standard InChI is InChI=1S/C26H36N4O3/c1-25(2,3)32-19-26(4,5)33-24-23(18-27)22(10-11-29-24)20-6-8-21(9-7-20)28-12-13-30-14-16-31-17-15-30/h6-11,28H,12-17,19H2,1-5H3. The van der Waals surface area contributed by atoms with Gasteiger partial charge in [0.25, 0.3) is 0 Å². The van der Waals surface area contributed by atoms with Crippen LogP contribution in [0, 0.1) is 11.3 Å². The summed E-state index contributed by atoms with van der Waals surface area (Å²) in [5.74, 6) is 0.324. The molecule has 0 atom stereocenters. The first-order valence-electron chi connectivity index (χ1n) is 11.5. The summed E-state index contributed by atoms with van der Waals surface area (Å²) >= 11 is 0. The topological polar surface area (TPSA) is 79.6 Å². The number of anilines is 1. The molecule has 1 saturated heterocycles. The van der Waals surface area contributed by atoms with Crippen molar-refractivity contribution in [3.63, 3.8) is 0 Å². The van der Waals surface area contributed by atoms with E-state index in [0.29, 0.717) is 18.1 Å². The zero-order valence-electron chi connectivity index (χ0n) is 20.5. The molecule has 0 radical (unpaired) electrons. The molecule has 0 aliphatic carbocycles. The maximum Gasteiger partial charge on any atom is 0.232 e. The molecule has 0 saturated carbocycles. The molecule has 1 aromatic carbocycles. The first kappa shape index (κ1) is 25.0. The van der Waals surface area contributed by atoms with Gasteiger partial charge < -0.3 is 19.5 Å². The van der Waals surface area contributed by atoms with Gasteiger partial charge in [0.15, 0.2) is 0 Å². The number of rotatable bonds is 9. The summed E-state index contributed by atoms with van der Waals surface area (Å²) in [6.45, 7) is 15.7. The van der Waals surface area contributed by atoms with Gasteiger partial charge in [0.1, 0.15) is 17.2 Å². The Morgan fingerprint density at radius 3 is 2.42 bits per heavy atom. The van der Waals surface area contributed by atoms with Gasteiger partial charge in [-0.1, -0.05) is 12.1 Å². The number of hydrogen-bond donors (Lipinski definition) is 1. The van der Waals surface area contributed by atoms with E-state index in [0.717, 1.165) is 56.2 Å². The summed E-state index contributed by atoms with van der Waals surface area (Å²) in [5, 5.41) is 13.4. The van der Waals surface area contributed by atoms with Gasteiger partial charge in [-0.15, -0.1) is 0 Å². The second-order valence-corrected chi connectivity index (χ2v) is 9.87. The molecule has 0 spiro atoms. The van der Waals surface area contributed by atoms with Crippen molar-refractivity contribution < 1.29 is 14.2 Å². The van der Waals surface area contributed by atoms with Crippen LogP contribution in [0.25, 0.3) is 11.1 Å². The van der Waals surface area contributed by atoms with Gasteiger partial charge >= 0.3 is 0 Å². The van der Waals surface area contributed by atoms with Crippen molar-refractivity contribution in [3.8, 4) is 23.1 Å². The molecular weight excluding hydrogens is 416 g/mol. The minimum atomic E-state index is -0.626. The van der Waals surface area contributed by atoms with E-state index in [1.807, 2.05) is 65.0 Å². The largest absolute Gasteiger partial charge is 0.468 e. The van der Waals surface area contributed by atoms with E-state index in [1.165, 1.54) is 0 Å². The molecule has 3 rings (SSSR count). The highest BCUT2D eigenvalue weighted by atomic mass is 16.6. The highest BCUT2D eigenvalue weighted by molar-refractivity contribution is 5.73. The molecule has 178 valence electrons. The lowest BCUT2D eigenvalue weighted by Crippen LogP contribution is -2.38. The fourth-order valence-corrected chi connectivity index (χ4v) is 3.50. The highest BCUT2D eigenvalue weighted by Gasteiger charge is 2.26. The number of ether oxygens (including phenoxy) is 3. The van der Waals surface area contributed by atoms with Gasteiger partial charge in [0, 0.05) is 43.6 Å². The van der Waals surface area contributed by atoms with Crippen LogP contribution in [0.3, 0.4) is 0 Å². The Labute approximate surface area is 197 Å². The minimum Gasteiger partial charge on any atom is -0.468 e. The minimum absolute atomic E-state index is 0.272. The predicted octanol–water partition coefficient (Wildman–Crippen LogP) is 4.34. The van der Waals surface area contributed by atoms with Gasteiger partial charge in [-0.2, -0.15) is 5.26 Å². The van der Waals surface area contributed by atoms with Crippen molar-refractivity contribution >= 4 is 5.69 Å². The molecule has 1 aliphatic heterocycles. The molecule has 7 heteroatoms. The maximum atomic E-state index is 9.88. The lowest BCUT2D eigenvalue weighted by molar-refractivity contribution is -0.0735. The summed E-state index contributed by atoms with van der Waals surface area (Å²) in [4.78, 5) is 6.74. The highest BCUT2D eigenvalue weighted by Crippen LogP contribution is 2.31. The Kier molecular flexibility index (Phi) is 8.30. The normalized spacial score (nSPS) is 15.2. The monoisotopic (exact) mass is 452 g/mol. The van der Waals surface area contributed by atoms with E-state index in [-0.39, 0.29) is 5.60 Å². The molecule has 0 bridgehead atoms. The summed E-state index contributed by atoms with van der Waals surface area (Å²) < 4.78 is 17.4. The fraction of sp³-hybridized carbons (Fsp3) is 0.538. The van der Waals surface area contributed by atoms with Crippen molar-refractivity contribution in [1.29, 1.82) is 5.26 Å². The van der Waals surface area contributed by atoms with Crippen LogP contribution in [0.15, 0.2) is 36.5 Å². The summed E-state index contributed by atoms with van der Waals surface area (Å²) in [7, 11) is 0. The van der Waals surface area contributed by atoms with E-state index in [4.69, 9.17) is 14.2 Å². The van der Waals surface area contributed by atoms with Gasteiger partial charge in [-0.3, -0.25) is 4.90 Å². The van der Waals surface area contributed by atoms with E-state index in [2.05, 4.69) is 21.3 Å². The molecule has 7 nitrogen and oxygen atoms in total. The predicted molar refractivity (Wildman–Crippen MR) is 131 cm³/mol. The zero-order valence-corrected chi connectivity index (χ0v) is 20.5. The van der Waals surface area contributed by atoms with E-state index in [1.54, 1.807) is 6.20 Å². The third-order valence-corrected chi connectivity index (χ3v) is 5.31. The molecule has 1 N–H and O–H groups in total. The molecule has 2 aromatic rings. The van der Waals surface area contributed by atoms with Gasteiger partial charge in [-0.05, 0) is 58.4 Å². The molecule has 1 aromatic heterocycles. The first-order chi connectivity index (χ1) is 15.7. The van der Waals surface area contributed by atoms with Crippen LogP contribution in [-0.2, 0) is 9.47 Å². The zero-order chi connectivity index (χ0) is 23.9. The molecule has 0 amide bonds. The van der Waals surface area contributed by atoms with E-state index in [9.17, 15) is 5.26 Å². The second-order valence-electron chi connectivity index (χ2n) is 9.87. The average molecular weight is 453 g/mol. The number of nitriles is 1. The van der Waals surface area contributed by atoms with Crippen LogP contribution in [0.2, 0.25) is 0 Å². The Bertz CT molecular complexity index is 939. The summed E-state index contributed by atoms with van der Waals surface area (Å²) in [6.07, 6.45) is 1.68. The van der Waals surface area contributed by atoms with Crippen LogP contribution < -0.4 is 10.1 Å². The van der Waals surface area contributed by atoms with Gasteiger partial charge in [0.05, 0.1) is 25.4 Å². The maximum absolute atomic E-state index is 9.88. The summed E-state index contributed by atoms with van der Waals surface area (Å²) in [6, 6.07) is 12.3. The van der Waals surface area contributed by atoms with Crippen molar-refractivity contribution in [2.75, 3.05) is 51.3 Å². The number of pyridine rings is 1. The van der Waals surface area contributed by atoms with Gasteiger partial charge in [-0.25, -0.2) is 4.98 Å². The number of aromatic nitrogens is 1. The van der Waals surface area contributed by atoms with E-state index >= 15 is 0 Å². The number of nitrogens with one attached hydrogen (secondary N) is 1. The van der Waals surface area contributed by atoms with Gasteiger partial charge in [0.2, 0.25) is 5.88 Å². The Morgan fingerprint density at radius 2 is 1.79 bits per heavy atom. The lowest BCUT2D eigenvalue weighted by Gasteiger charge is -2.30. The second kappa shape index (κ2) is 11.0. The van der Waals surface area contributed by atoms with Crippen LogP contribution in [0.1, 0.15) is 40.2 Å². The molecule has 0 unspecified atom stereocenters. The Hall–Kier alpha value is -2.66. The Balaban J connectivity index is 1.67. The van der Waals surface area contributed by atoms with Crippen LogP contribution in [-0.4, -0.2) is 67.1 Å². The average Bonchev–Trinajstić information content (AvgIpc) is 2.78. The first-order valence-corrected chi connectivity index (χ1v) is 11.5. The molecular formula is C26H36N4O3. The number of morpholine rings is 1. The van der Waals surface area contributed by atoms with Crippen molar-refractivity contribution in [3.05, 3.63) is 42.1 Å². The fourth-order valence-electron chi connectivity index (χ4n) is 3.50. The van der Waals surface area contributed by atoms with E-state index < -0.39 is 5.60 Å². The number of benzene rings is 1. The third-order valence-electron chi connectivity index (χ3n) is 5.31.